The molecule has 0 atom stereocenters. The molecule has 0 aliphatic heterocycles. The van der Waals surface area contributed by atoms with Crippen LogP contribution in [0.15, 0.2) is 60.7 Å². The maximum atomic E-state index is 3.39. The van der Waals surface area contributed by atoms with Crippen LogP contribution in [0.5, 0.6) is 0 Å². The van der Waals surface area contributed by atoms with Gasteiger partial charge >= 0.3 is 0 Å². The van der Waals surface area contributed by atoms with Crippen LogP contribution >= 0.6 is 45.3 Å². The molecule has 0 aliphatic carbocycles. The van der Waals surface area contributed by atoms with Gasteiger partial charge in [0.05, 0.1) is 19.2 Å². The molecule has 4 aromatic heterocycles. The van der Waals surface area contributed by atoms with E-state index in [4.69, 9.17) is 0 Å². The van der Waals surface area contributed by atoms with Crippen molar-refractivity contribution in [3.05, 3.63) is 70.4 Å². The minimum atomic E-state index is 1.15. The molecule has 0 spiro atoms. The van der Waals surface area contributed by atoms with Gasteiger partial charge in [0, 0.05) is 29.6 Å². The van der Waals surface area contributed by atoms with Crippen LogP contribution in [0.4, 0.5) is 0 Å². The molecule has 0 fully saturated rings. The van der Waals surface area contributed by atoms with Gasteiger partial charge in [-0.25, -0.2) is 0 Å². The van der Waals surface area contributed by atoms with Crippen LogP contribution in [0.2, 0.25) is 0 Å². The van der Waals surface area contributed by atoms with Gasteiger partial charge in [0.25, 0.3) is 0 Å². The highest BCUT2D eigenvalue weighted by molar-refractivity contribution is 7.33. The highest BCUT2D eigenvalue weighted by atomic mass is 32.1. The summed E-state index contributed by atoms with van der Waals surface area (Å²) in [5, 5.41) is 2.71. The second kappa shape index (κ2) is 5.67. The fraction of sp³-hybridized carbons (Fsp3) is 0. The molecule has 4 heteroatoms. The minimum Gasteiger partial charge on any atom is -0.134 e. The fourth-order valence-corrected chi connectivity index (χ4v) is 8.00. The fourth-order valence-electron chi connectivity index (χ4n) is 3.25. The van der Waals surface area contributed by atoms with Crippen molar-refractivity contribution in [3.8, 4) is 11.8 Å². The molecule has 2 aromatic carbocycles. The Bertz CT molecular complexity index is 1380. The largest absolute Gasteiger partial charge is 0.134 e. The van der Waals surface area contributed by atoms with Crippen LogP contribution in [-0.2, 0) is 0 Å². The number of fused-ring (bicyclic) bond motifs is 6. The lowest BCUT2D eigenvalue weighted by molar-refractivity contribution is 1.87. The van der Waals surface area contributed by atoms with E-state index >= 15 is 0 Å². The molecule has 26 heavy (non-hydrogen) atoms. The third kappa shape index (κ3) is 2.26. The zero-order valence-electron chi connectivity index (χ0n) is 13.4. The standard InChI is InChI=1S/C22H10S4/c1-3-7-17-15(5-1)21-19(25-17)11-13(23-21)9-10-14-12-20-22(24-14)16-6-2-4-8-18(16)26-20/h1-8,11-12H. The van der Waals surface area contributed by atoms with Crippen molar-refractivity contribution < 1.29 is 0 Å². The summed E-state index contributed by atoms with van der Waals surface area (Å²) < 4.78 is 8.15. The predicted molar refractivity (Wildman–Crippen MR) is 120 cm³/mol. The van der Waals surface area contributed by atoms with E-state index in [1.807, 2.05) is 45.3 Å². The maximum absolute atomic E-state index is 3.39. The van der Waals surface area contributed by atoms with E-state index in [2.05, 4.69) is 72.5 Å². The van der Waals surface area contributed by atoms with Crippen molar-refractivity contribution in [2.45, 2.75) is 0 Å². The van der Waals surface area contributed by atoms with Gasteiger partial charge < -0.3 is 0 Å². The molecule has 0 radical (unpaired) electrons. The number of hydrogen-bond acceptors (Lipinski definition) is 4. The molecule has 0 N–H and O–H groups in total. The number of benzene rings is 2. The highest BCUT2D eigenvalue weighted by Crippen LogP contribution is 2.40. The molecular weight excluding hydrogens is 393 g/mol. The van der Waals surface area contributed by atoms with E-state index in [0.29, 0.717) is 0 Å². The normalized spacial score (nSPS) is 11.5. The van der Waals surface area contributed by atoms with Crippen molar-refractivity contribution in [3.63, 3.8) is 0 Å². The average Bonchev–Trinajstić information content (AvgIpc) is 3.38. The van der Waals surface area contributed by atoms with Gasteiger partial charge in [-0.05, 0) is 36.1 Å². The average molecular weight is 403 g/mol. The Hall–Kier alpha value is -2.16. The molecule has 122 valence electrons. The van der Waals surface area contributed by atoms with Crippen molar-refractivity contribution in [1.82, 2.24) is 0 Å². The summed E-state index contributed by atoms with van der Waals surface area (Å²) in [5.41, 5.74) is 0. The van der Waals surface area contributed by atoms with Crippen molar-refractivity contribution in [2.24, 2.45) is 0 Å². The van der Waals surface area contributed by atoms with Gasteiger partial charge in [0.1, 0.15) is 0 Å². The zero-order valence-corrected chi connectivity index (χ0v) is 16.7. The summed E-state index contributed by atoms with van der Waals surface area (Å²) in [7, 11) is 0. The number of rotatable bonds is 0. The first-order valence-electron chi connectivity index (χ1n) is 8.19. The predicted octanol–water partition coefficient (Wildman–Crippen LogP) is 7.95. The van der Waals surface area contributed by atoms with Crippen LogP contribution in [0.25, 0.3) is 39.0 Å². The first kappa shape index (κ1) is 15.0. The monoisotopic (exact) mass is 402 g/mol. The maximum Gasteiger partial charge on any atom is 0.0793 e. The minimum absolute atomic E-state index is 1.15. The van der Waals surface area contributed by atoms with Crippen LogP contribution in [0.3, 0.4) is 0 Å². The lowest BCUT2D eigenvalue weighted by atomic mass is 10.2. The van der Waals surface area contributed by atoms with Crippen LogP contribution in [0.1, 0.15) is 9.75 Å². The van der Waals surface area contributed by atoms with E-state index in [0.717, 1.165) is 9.75 Å². The molecule has 0 saturated heterocycles. The molecule has 0 bridgehead atoms. The second-order valence-electron chi connectivity index (χ2n) is 6.05. The van der Waals surface area contributed by atoms with E-state index < -0.39 is 0 Å². The third-order valence-electron chi connectivity index (χ3n) is 4.41. The highest BCUT2D eigenvalue weighted by Gasteiger charge is 2.09. The quantitative estimate of drug-likeness (QED) is 0.226. The summed E-state index contributed by atoms with van der Waals surface area (Å²) in [5.74, 6) is 6.78. The van der Waals surface area contributed by atoms with E-state index in [1.54, 1.807) is 0 Å². The van der Waals surface area contributed by atoms with Gasteiger partial charge in [0.15, 0.2) is 0 Å². The lowest BCUT2D eigenvalue weighted by Gasteiger charge is -1.86. The summed E-state index contributed by atoms with van der Waals surface area (Å²) in [6.07, 6.45) is 0. The molecule has 0 unspecified atom stereocenters. The Labute approximate surface area is 166 Å². The third-order valence-corrected chi connectivity index (χ3v) is 9.07. The molecule has 0 saturated carbocycles. The molecule has 6 rings (SSSR count). The van der Waals surface area contributed by atoms with E-state index in [-0.39, 0.29) is 0 Å². The van der Waals surface area contributed by atoms with E-state index in [9.17, 15) is 0 Å². The zero-order chi connectivity index (χ0) is 17.1. The van der Waals surface area contributed by atoms with Crippen LogP contribution in [-0.4, -0.2) is 0 Å². The van der Waals surface area contributed by atoms with Crippen molar-refractivity contribution in [1.29, 1.82) is 0 Å². The summed E-state index contributed by atoms with van der Waals surface area (Å²) in [4.78, 5) is 2.30. The molecule has 0 amide bonds. The summed E-state index contributed by atoms with van der Waals surface area (Å²) >= 11 is 7.33. The Morgan fingerprint density at radius 1 is 0.500 bits per heavy atom. The molecule has 0 aliphatic rings. The van der Waals surface area contributed by atoms with Crippen LogP contribution in [0, 0.1) is 11.8 Å². The number of hydrogen-bond donors (Lipinski definition) is 0. The van der Waals surface area contributed by atoms with Gasteiger partial charge in [-0.1, -0.05) is 36.4 Å². The van der Waals surface area contributed by atoms with Crippen molar-refractivity contribution in [2.75, 3.05) is 0 Å². The second-order valence-corrected chi connectivity index (χ2v) is 10.3. The Balaban J connectivity index is 1.43. The van der Waals surface area contributed by atoms with Gasteiger partial charge in [-0.2, -0.15) is 0 Å². The molecular formula is C22H10S4. The Kier molecular flexibility index (Phi) is 3.26. The SMILES string of the molecule is C(#Cc1cc2sc3ccccc3c2s1)c1cc2sc3ccccc3c2s1. The Morgan fingerprint density at radius 2 is 0.962 bits per heavy atom. The van der Waals surface area contributed by atoms with Gasteiger partial charge in [-0.3, -0.25) is 0 Å². The van der Waals surface area contributed by atoms with E-state index in [1.165, 1.54) is 39.0 Å². The topological polar surface area (TPSA) is 0 Å². The van der Waals surface area contributed by atoms with Gasteiger partial charge in [0.2, 0.25) is 0 Å². The first-order valence-corrected chi connectivity index (χ1v) is 11.5. The summed E-state index contributed by atoms with van der Waals surface area (Å²) in [6.45, 7) is 0. The van der Waals surface area contributed by atoms with Gasteiger partial charge in [-0.15, -0.1) is 45.3 Å². The van der Waals surface area contributed by atoms with Crippen LogP contribution < -0.4 is 0 Å². The Morgan fingerprint density at radius 3 is 1.46 bits per heavy atom. The first-order chi connectivity index (χ1) is 12.8. The molecule has 6 aromatic rings. The number of thiophene rings is 4. The molecule has 0 nitrogen and oxygen atoms in total. The summed E-state index contributed by atoms with van der Waals surface area (Å²) in [6, 6.07) is 21.7. The lowest BCUT2D eigenvalue weighted by Crippen LogP contribution is -1.63. The molecule has 4 heterocycles. The van der Waals surface area contributed by atoms with Crippen molar-refractivity contribution >= 4 is 84.3 Å². The smallest absolute Gasteiger partial charge is 0.0793 e.